The van der Waals surface area contributed by atoms with Gasteiger partial charge in [0.25, 0.3) is 0 Å². The lowest BCUT2D eigenvalue weighted by Gasteiger charge is -2.23. The Morgan fingerprint density at radius 1 is 1.17 bits per heavy atom. The minimum Gasteiger partial charge on any atom is -0.342 e. The zero-order valence-corrected chi connectivity index (χ0v) is 15.2. The monoisotopic (exact) mass is 351 g/mol. The van der Waals surface area contributed by atoms with Gasteiger partial charge >= 0.3 is 0 Å². The number of hydrogen-bond acceptors (Lipinski definition) is 5. The third-order valence-corrected chi connectivity index (χ3v) is 5.46. The molecule has 2 amide bonds. The van der Waals surface area contributed by atoms with Crippen molar-refractivity contribution in [2.24, 2.45) is 0 Å². The molecule has 0 saturated carbocycles. The first kappa shape index (κ1) is 17.6. The van der Waals surface area contributed by atoms with Crippen molar-refractivity contribution in [3.05, 3.63) is 28.6 Å². The third kappa shape index (κ3) is 4.62. The van der Waals surface area contributed by atoms with Gasteiger partial charge in [-0.3, -0.25) is 9.59 Å². The van der Waals surface area contributed by atoms with E-state index >= 15 is 0 Å². The van der Waals surface area contributed by atoms with Crippen molar-refractivity contribution in [1.82, 2.24) is 14.8 Å². The summed E-state index contributed by atoms with van der Waals surface area (Å²) in [6.45, 7) is 5.30. The first-order valence-electron chi connectivity index (χ1n) is 7.55. The Balaban J connectivity index is 1.92. The number of hydrogen-bond donors (Lipinski definition) is 0. The Kier molecular flexibility index (Phi) is 6.29. The van der Waals surface area contributed by atoms with Gasteiger partial charge in [-0.05, 0) is 25.3 Å². The molecule has 7 heteroatoms. The molecule has 2 rings (SSSR count). The van der Waals surface area contributed by atoms with Crippen molar-refractivity contribution in [2.45, 2.75) is 20.3 Å². The number of carbonyl (C=O) groups is 2. The minimum atomic E-state index is -0.0893. The highest BCUT2D eigenvalue weighted by molar-refractivity contribution is 7.20. The number of thiophene rings is 1. The van der Waals surface area contributed by atoms with Crippen molar-refractivity contribution >= 4 is 34.5 Å². The summed E-state index contributed by atoms with van der Waals surface area (Å²) in [6.07, 6.45) is 0.226. The molecular weight excluding hydrogens is 330 g/mol. The largest absolute Gasteiger partial charge is 0.342 e. The smallest absolute Gasteiger partial charge is 0.242 e. The van der Waals surface area contributed by atoms with E-state index in [1.807, 2.05) is 36.7 Å². The normalized spacial score (nSPS) is 10.6. The molecule has 23 heavy (non-hydrogen) atoms. The molecule has 0 aliphatic rings. The lowest BCUT2D eigenvalue weighted by atomic mass is 10.3. The van der Waals surface area contributed by atoms with Gasteiger partial charge in [0.2, 0.25) is 11.8 Å². The van der Waals surface area contributed by atoms with Crippen LogP contribution in [-0.4, -0.2) is 53.3 Å². The van der Waals surface area contributed by atoms with E-state index in [1.165, 1.54) is 4.90 Å². The Morgan fingerprint density at radius 3 is 2.52 bits per heavy atom. The van der Waals surface area contributed by atoms with Gasteiger partial charge in [-0.2, -0.15) is 0 Å². The second-order valence-electron chi connectivity index (χ2n) is 5.11. The Hall–Kier alpha value is -1.73. The molecular formula is C16H21N3O2S2. The number of carbonyl (C=O) groups excluding carboxylic acids is 2. The first-order chi connectivity index (χ1) is 11.0. The second kappa shape index (κ2) is 8.21. The molecule has 2 heterocycles. The molecule has 0 fully saturated rings. The Bertz CT molecular complexity index is 648. The summed E-state index contributed by atoms with van der Waals surface area (Å²) in [5.74, 6) is -0.114. The maximum atomic E-state index is 12.3. The summed E-state index contributed by atoms with van der Waals surface area (Å²) >= 11 is 3.17. The van der Waals surface area contributed by atoms with Gasteiger partial charge in [0.1, 0.15) is 5.01 Å². The first-order valence-corrected chi connectivity index (χ1v) is 9.31. The number of likely N-dealkylation sites (N-methyl/N-ethyl adjacent to an activating group) is 2. The molecule has 124 valence electrons. The topological polar surface area (TPSA) is 53.5 Å². The van der Waals surface area contributed by atoms with Crippen LogP contribution in [0.2, 0.25) is 0 Å². The zero-order valence-electron chi connectivity index (χ0n) is 13.6. The highest BCUT2D eigenvalue weighted by Gasteiger charge is 2.18. The van der Waals surface area contributed by atoms with Crippen LogP contribution in [0.3, 0.4) is 0 Å². The average Bonchev–Trinajstić information content (AvgIpc) is 3.19. The van der Waals surface area contributed by atoms with E-state index in [-0.39, 0.29) is 24.8 Å². The molecule has 0 saturated heterocycles. The van der Waals surface area contributed by atoms with E-state index in [0.717, 1.165) is 15.6 Å². The maximum Gasteiger partial charge on any atom is 0.242 e. The van der Waals surface area contributed by atoms with Crippen molar-refractivity contribution in [1.29, 1.82) is 0 Å². The average molecular weight is 351 g/mol. The van der Waals surface area contributed by atoms with Crippen LogP contribution in [0.15, 0.2) is 22.9 Å². The van der Waals surface area contributed by atoms with Crippen molar-refractivity contribution < 1.29 is 9.59 Å². The van der Waals surface area contributed by atoms with Gasteiger partial charge in [-0.1, -0.05) is 6.07 Å². The van der Waals surface area contributed by atoms with Crippen LogP contribution in [0.4, 0.5) is 0 Å². The predicted molar refractivity (Wildman–Crippen MR) is 94.7 cm³/mol. The van der Waals surface area contributed by atoms with Crippen molar-refractivity contribution in [2.75, 3.05) is 26.7 Å². The van der Waals surface area contributed by atoms with Crippen molar-refractivity contribution in [3.8, 4) is 9.88 Å². The Morgan fingerprint density at radius 2 is 1.91 bits per heavy atom. The SMILES string of the molecule is CCN(CC)C(=O)CN(C)C(=O)Cc1csc(-c2cccs2)n1. The fraction of sp³-hybridized carbons (Fsp3) is 0.438. The van der Waals surface area contributed by atoms with E-state index in [2.05, 4.69) is 4.98 Å². The Labute approximate surface area is 144 Å². The van der Waals surface area contributed by atoms with Crippen LogP contribution in [0, 0.1) is 0 Å². The fourth-order valence-electron chi connectivity index (χ4n) is 2.16. The zero-order chi connectivity index (χ0) is 16.8. The quantitative estimate of drug-likeness (QED) is 0.771. The van der Waals surface area contributed by atoms with Gasteiger partial charge in [0.05, 0.1) is 23.5 Å². The summed E-state index contributed by atoms with van der Waals surface area (Å²) in [7, 11) is 1.66. The van der Waals surface area contributed by atoms with E-state index in [4.69, 9.17) is 0 Å². The van der Waals surface area contributed by atoms with Crippen LogP contribution >= 0.6 is 22.7 Å². The molecule has 5 nitrogen and oxygen atoms in total. The number of nitrogens with zero attached hydrogens (tertiary/aromatic N) is 3. The van der Waals surface area contributed by atoms with E-state index in [1.54, 1.807) is 34.6 Å². The molecule has 0 spiro atoms. The van der Waals surface area contributed by atoms with Crippen LogP contribution in [0.5, 0.6) is 0 Å². The summed E-state index contributed by atoms with van der Waals surface area (Å²) < 4.78 is 0. The predicted octanol–water partition coefficient (Wildman–Crippen LogP) is 2.74. The summed E-state index contributed by atoms with van der Waals surface area (Å²) in [5.41, 5.74) is 0.755. The lowest BCUT2D eigenvalue weighted by Crippen LogP contribution is -2.41. The third-order valence-electron chi connectivity index (χ3n) is 3.53. The molecule has 0 aliphatic heterocycles. The van der Waals surface area contributed by atoms with Gasteiger partial charge in [0.15, 0.2) is 0 Å². The van der Waals surface area contributed by atoms with Crippen molar-refractivity contribution in [3.63, 3.8) is 0 Å². The number of amides is 2. The standard InChI is InChI=1S/C16H21N3O2S2/c1-4-19(5-2)15(21)10-18(3)14(20)9-12-11-23-16(17-12)13-7-6-8-22-13/h6-8,11H,4-5,9-10H2,1-3H3. The van der Waals surface area contributed by atoms with Gasteiger partial charge in [-0.15, -0.1) is 22.7 Å². The van der Waals surface area contributed by atoms with E-state index in [0.29, 0.717) is 13.1 Å². The van der Waals surface area contributed by atoms with Crippen LogP contribution < -0.4 is 0 Å². The number of aromatic nitrogens is 1. The van der Waals surface area contributed by atoms with Crippen LogP contribution in [0.25, 0.3) is 9.88 Å². The molecule has 2 aromatic heterocycles. The summed E-state index contributed by atoms with van der Waals surface area (Å²) in [5, 5.41) is 4.85. The highest BCUT2D eigenvalue weighted by atomic mass is 32.1. The molecule has 0 N–H and O–H groups in total. The van der Waals surface area contributed by atoms with Gasteiger partial charge < -0.3 is 9.80 Å². The van der Waals surface area contributed by atoms with E-state index < -0.39 is 0 Å². The number of rotatable bonds is 7. The molecule has 0 bridgehead atoms. The molecule has 0 aliphatic carbocycles. The molecule has 2 aromatic rings. The van der Waals surface area contributed by atoms with E-state index in [9.17, 15) is 9.59 Å². The van der Waals surface area contributed by atoms with Crippen LogP contribution in [-0.2, 0) is 16.0 Å². The molecule has 0 aromatic carbocycles. The summed E-state index contributed by atoms with van der Waals surface area (Å²) in [6, 6.07) is 4.00. The molecule has 0 unspecified atom stereocenters. The highest BCUT2D eigenvalue weighted by Crippen LogP contribution is 2.27. The van der Waals surface area contributed by atoms with Crippen LogP contribution in [0.1, 0.15) is 19.5 Å². The lowest BCUT2D eigenvalue weighted by molar-refractivity contribution is -0.138. The summed E-state index contributed by atoms with van der Waals surface area (Å²) in [4.78, 5) is 33.1. The minimum absolute atomic E-state index is 0.0246. The second-order valence-corrected chi connectivity index (χ2v) is 6.92. The molecule has 0 atom stereocenters. The maximum absolute atomic E-state index is 12.3. The fourth-order valence-corrected chi connectivity index (χ4v) is 3.79. The number of thiazole rings is 1. The van der Waals surface area contributed by atoms with Gasteiger partial charge in [0, 0.05) is 25.5 Å². The van der Waals surface area contributed by atoms with Gasteiger partial charge in [-0.25, -0.2) is 4.98 Å². The molecule has 0 radical (unpaired) electrons.